The monoisotopic (exact) mass is 289 g/mol. The first-order valence-electron chi connectivity index (χ1n) is 6.39. The number of hydrogen-bond donors (Lipinski definition) is 3. The smallest absolute Gasteiger partial charge is 0.367 e. The van der Waals surface area contributed by atoms with Crippen LogP contribution in [-0.2, 0) is 6.18 Å². The summed E-state index contributed by atoms with van der Waals surface area (Å²) in [5.41, 5.74) is 2.33. The number of nitrogens with zero attached hydrogens (tertiary/aromatic N) is 2. The Morgan fingerprint density at radius 1 is 1.30 bits per heavy atom. The first kappa shape index (κ1) is 14.8. The highest BCUT2D eigenvalue weighted by Crippen LogP contribution is 2.38. The van der Waals surface area contributed by atoms with E-state index < -0.39 is 12.0 Å². The topological polar surface area (TPSA) is 75.9 Å². The molecule has 4 N–H and O–H groups in total. The minimum Gasteiger partial charge on any atom is -0.367 e. The summed E-state index contributed by atoms with van der Waals surface area (Å²) in [5.74, 6) is 4.02. The molecule has 0 bridgehead atoms. The van der Waals surface area contributed by atoms with Crippen LogP contribution in [0.2, 0.25) is 0 Å². The summed E-state index contributed by atoms with van der Waals surface area (Å²) in [5, 5.41) is 3.04. The zero-order valence-corrected chi connectivity index (χ0v) is 11.4. The molecular weight excluding hydrogens is 271 g/mol. The van der Waals surface area contributed by atoms with Crippen molar-refractivity contribution in [1.82, 2.24) is 9.97 Å². The largest absolute Gasteiger partial charge is 0.451 e. The van der Waals surface area contributed by atoms with E-state index in [0.29, 0.717) is 0 Å². The van der Waals surface area contributed by atoms with E-state index in [1.54, 1.807) is 0 Å². The molecule has 1 unspecified atom stereocenters. The number of aromatic nitrogens is 2. The molecule has 0 amide bonds. The van der Waals surface area contributed by atoms with Crippen LogP contribution in [0.25, 0.3) is 0 Å². The Labute approximate surface area is 115 Å². The van der Waals surface area contributed by atoms with Gasteiger partial charge >= 0.3 is 6.18 Å². The van der Waals surface area contributed by atoms with Crippen LogP contribution >= 0.6 is 0 Å². The molecule has 0 radical (unpaired) electrons. The van der Waals surface area contributed by atoms with Crippen molar-refractivity contribution in [3.63, 3.8) is 0 Å². The molecule has 1 aromatic heterocycles. The molecule has 1 saturated carbocycles. The number of hydrogen-bond acceptors (Lipinski definition) is 5. The Balaban J connectivity index is 2.19. The van der Waals surface area contributed by atoms with Gasteiger partial charge in [0.15, 0.2) is 0 Å². The summed E-state index contributed by atoms with van der Waals surface area (Å²) in [6.45, 7) is 4.28. The standard InChI is InChI=1S/C12H18F3N5/c1-11(2)4-3-7(6-11)17-8-5-9(20-16)19-10(18-8)12(13,14)15/h5,7H,3-4,6,16H2,1-2H3,(H2,17,18,19,20). The molecule has 0 saturated heterocycles. The molecule has 0 aliphatic heterocycles. The van der Waals surface area contributed by atoms with Crippen molar-refractivity contribution >= 4 is 11.6 Å². The van der Waals surface area contributed by atoms with E-state index in [4.69, 9.17) is 5.84 Å². The van der Waals surface area contributed by atoms with Gasteiger partial charge in [-0.2, -0.15) is 13.2 Å². The van der Waals surface area contributed by atoms with Crippen LogP contribution in [0.4, 0.5) is 24.8 Å². The van der Waals surface area contributed by atoms with Crippen molar-refractivity contribution < 1.29 is 13.2 Å². The number of halogens is 3. The Kier molecular flexibility index (Phi) is 3.77. The maximum absolute atomic E-state index is 12.7. The lowest BCUT2D eigenvalue weighted by Crippen LogP contribution is -2.21. The molecule has 0 aromatic carbocycles. The average molecular weight is 289 g/mol. The number of nitrogens with one attached hydrogen (secondary N) is 2. The van der Waals surface area contributed by atoms with Crippen molar-refractivity contribution in [2.24, 2.45) is 11.3 Å². The molecule has 5 nitrogen and oxygen atoms in total. The van der Waals surface area contributed by atoms with Gasteiger partial charge < -0.3 is 10.7 Å². The van der Waals surface area contributed by atoms with Gasteiger partial charge in [-0.3, -0.25) is 0 Å². The SMILES string of the molecule is CC1(C)CCC(Nc2cc(NN)nc(C(F)(F)F)n2)C1. The molecular formula is C12H18F3N5. The van der Waals surface area contributed by atoms with Gasteiger partial charge in [-0.1, -0.05) is 13.8 Å². The van der Waals surface area contributed by atoms with Gasteiger partial charge in [0.05, 0.1) is 0 Å². The third-order valence-corrected chi connectivity index (χ3v) is 3.45. The molecule has 0 spiro atoms. The number of hydrazine groups is 1. The molecule has 1 aliphatic rings. The predicted octanol–water partition coefficient (Wildman–Crippen LogP) is 2.77. The van der Waals surface area contributed by atoms with Crippen LogP contribution in [0, 0.1) is 5.41 Å². The second-order valence-electron chi connectivity index (χ2n) is 5.85. The summed E-state index contributed by atoms with van der Waals surface area (Å²) in [7, 11) is 0. The fourth-order valence-electron chi connectivity index (χ4n) is 2.49. The van der Waals surface area contributed by atoms with E-state index >= 15 is 0 Å². The lowest BCUT2D eigenvalue weighted by atomic mass is 9.92. The van der Waals surface area contributed by atoms with Crippen molar-refractivity contribution in [2.45, 2.75) is 45.3 Å². The zero-order chi connectivity index (χ0) is 15.0. The molecule has 1 aliphatic carbocycles. The summed E-state index contributed by atoms with van der Waals surface area (Å²) in [6.07, 6.45) is -1.77. The van der Waals surface area contributed by atoms with Crippen molar-refractivity contribution in [1.29, 1.82) is 0 Å². The molecule has 1 heterocycles. The summed E-state index contributed by atoms with van der Waals surface area (Å²) in [4.78, 5) is 6.84. The van der Waals surface area contributed by atoms with Gasteiger partial charge in [0, 0.05) is 12.1 Å². The Morgan fingerprint density at radius 3 is 2.45 bits per heavy atom. The highest BCUT2D eigenvalue weighted by Gasteiger charge is 2.36. The maximum Gasteiger partial charge on any atom is 0.451 e. The van der Waals surface area contributed by atoms with E-state index in [1.807, 2.05) is 0 Å². The number of nitrogen functional groups attached to an aromatic ring is 1. The van der Waals surface area contributed by atoms with E-state index in [9.17, 15) is 13.2 Å². The lowest BCUT2D eigenvalue weighted by Gasteiger charge is -2.19. The van der Waals surface area contributed by atoms with Crippen LogP contribution in [0.15, 0.2) is 6.07 Å². The first-order chi connectivity index (χ1) is 9.19. The van der Waals surface area contributed by atoms with Crippen LogP contribution in [0.5, 0.6) is 0 Å². The molecule has 1 aromatic rings. The number of rotatable bonds is 3. The van der Waals surface area contributed by atoms with Crippen molar-refractivity contribution in [3.8, 4) is 0 Å². The van der Waals surface area contributed by atoms with Gasteiger partial charge in [-0.15, -0.1) is 0 Å². The van der Waals surface area contributed by atoms with Crippen molar-refractivity contribution in [2.75, 3.05) is 10.7 Å². The summed E-state index contributed by atoms with van der Waals surface area (Å²) in [6, 6.07) is 1.49. The van der Waals surface area contributed by atoms with E-state index in [2.05, 4.69) is 34.6 Å². The van der Waals surface area contributed by atoms with E-state index in [-0.39, 0.29) is 23.1 Å². The molecule has 8 heteroatoms. The van der Waals surface area contributed by atoms with Gasteiger partial charge in [0.2, 0.25) is 5.82 Å². The second kappa shape index (κ2) is 5.08. The molecule has 1 fully saturated rings. The van der Waals surface area contributed by atoms with Gasteiger partial charge in [-0.05, 0) is 24.7 Å². The Bertz CT molecular complexity index is 486. The summed E-state index contributed by atoms with van der Waals surface area (Å²) >= 11 is 0. The normalized spacial score (nSPS) is 21.8. The second-order valence-corrected chi connectivity index (χ2v) is 5.85. The number of anilines is 2. The molecule has 2 rings (SSSR count). The van der Waals surface area contributed by atoms with Gasteiger partial charge in [0.1, 0.15) is 11.6 Å². The molecule has 1 atom stereocenters. The highest BCUT2D eigenvalue weighted by atomic mass is 19.4. The van der Waals surface area contributed by atoms with Crippen molar-refractivity contribution in [3.05, 3.63) is 11.9 Å². The Morgan fingerprint density at radius 2 is 1.95 bits per heavy atom. The molecule has 20 heavy (non-hydrogen) atoms. The quantitative estimate of drug-likeness (QED) is 0.589. The number of alkyl halides is 3. The average Bonchev–Trinajstić information content (AvgIpc) is 2.67. The number of nitrogens with two attached hydrogens (primary N) is 1. The first-order valence-corrected chi connectivity index (χ1v) is 6.39. The minimum absolute atomic E-state index is 0.0629. The van der Waals surface area contributed by atoms with Crippen LogP contribution in [0.1, 0.15) is 38.9 Å². The Hall–Kier alpha value is -1.57. The fourth-order valence-corrected chi connectivity index (χ4v) is 2.49. The maximum atomic E-state index is 12.7. The summed E-state index contributed by atoms with van der Waals surface area (Å²) < 4.78 is 38.1. The van der Waals surface area contributed by atoms with Crippen LogP contribution < -0.4 is 16.6 Å². The van der Waals surface area contributed by atoms with Gasteiger partial charge in [-0.25, -0.2) is 15.8 Å². The molecule has 112 valence electrons. The zero-order valence-electron chi connectivity index (χ0n) is 11.4. The minimum atomic E-state index is -4.60. The van der Waals surface area contributed by atoms with Gasteiger partial charge in [0.25, 0.3) is 0 Å². The van der Waals surface area contributed by atoms with E-state index in [0.717, 1.165) is 19.3 Å². The third-order valence-electron chi connectivity index (χ3n) is 3.45. The van der Waals surface area contributed by atoms with E-state index in [1.165, 1.54) is 6.07 Å². The predicted molar refractivity (Wildman–Crippen MR) is 69.9 cm³/mol. The van der Waals surface area contributed by atoms with Crippen LogP contribution in [-0.4, -0.2) is 16.0 Å². The lowest BCUT2D eigenvalue weighted by molar-refractivity contribution is -0.144. The highest BCUT2D eigenvalue weighted by molar-refractivity contribution is 5.47. The van der Waals surface area contributed by atoms with Crippen LogP contribution in [0.3, 0.4) is 0 Å². The fraction of sp³-hybridized carbons (Fsp3) is 0.667. The third kappa shape index (κ3) is 3.50.